The first kappa shape index (κ1) is 18.8. The van der Waals surface area contributed by atoms with Crippen molar-refractivity contribution in [1.82, 2.24) is 20.2 Å². The molecule has 1 amide bonds. The van der Waals surface area contributed by atoms with Crippen molar-refractivity contribution in [3.8, 4) is 0 Å². The van der Waals surface area contributed by atoms with E-state index in [0.717, 1.165) is 6.42 Å². The summed E-state index contributed by atoms with van der Waals surface area (Å²) in [5.74, 6) is 0.502. The summed E-state index contributed by atoms with van der Waals surface area (Å²) in [7, 11) is 1.84. The Hall–Kier alpha value is -2.99. The number of benzene rings is 2. The van der Waals surface area contributed by atoms with Crippen LogP contribution in [0.1, 0.15) is 18.3 Å². The molecule has 3 rings (SSSR count). The fraction of sp³-hybridized carbons (Fsp3) is 0.286. The molecule has 6 heteroatoms. The van der Waals surface area contributed by atoms with E-state index in [0.29, 0.717) is 29.8 Å². The molecule has 3 aromatic rings. The van der Waals surface area contributed by atoms with Gasteiger partial charge in [-0.1, -0.05) is 42.5 Å². The van der Waals surface area contributed by atoms with Crippen molar-refractivity contribution in [3.05, 3.63) is 76.3 Å². The average molecular weight is 364 g/mol. The van der Waals surface area contributed by atoms with Crippen molar-refractivity contribution in [1.29, 1.82) is 0 Å². The molecule has 0 saturated heterocycles. The highest BCUT2D eigenvalue weighted by atomic mass is 16.2. The molecule has 140 valence electrons. The van der Waals surface area contributed by atoms with Crippen molar-refractivity contribution in [2.24, 2.45) is 0 Å². The Morgan fingerprint density at radius 3 is 2.63 bits per heavy atom. The molecular formula is C21H24N4O2. The minimum atomic E-state index is -0.336. The van der Waals surface area contributed by atoms with E-state index in [4.69, 9.17) is 0 Å². The molecule has 1 heterocycles. The number of H-pyrrole nitrogens is 1. The standard InChI is InChI=1S/C21H24N4O2/c1-15(20(26)22-13-12-16-8-4-3-5-9-16)25(2)14-19-23-18-11-7-6-10-17(18)21(27)24-19/h3-11,15H,12-14H2,1-2H3,(H,22,26)(H,23,24,27)/t15-/m1/s1. The first-order valence-electron chi connectivity index (χ1n) is 9.04. The highest BCUT2D eigenvalue weighted by molar-refractivity contribution is 5.81. The van der Waals surface area contributed by atoms with Gasteiger partial charge in [0.1, 0.15) is 5.82 Å². The average Bonchev–Trinajstić information content (AvgIpc) is 2.68. The molecule has 0 spiro atoms. The number of rotatable bonds is 7. The lowest BCUT2D eigenvalue weighted by Crippen LogP contribution is -2.43. The summed E-state index contributed by atoms with van der Waals surface area (Å²) < 4.78 is 0. The number of hydrogen-bond donors (Lipinski definition) is 2. The van der Waals surface area contributed by atoms with E-state index >= 15 is 0 Å². The minimum absolute atomic E-state index is 0.0448. The number of para-hydroxylation sites is 1. The smallest absolute Gasteiger partial charge is 0.258 e. The van der Waals surface area contributed by atoms with Crippen LogP contribution >= 0.6 is 0 Å². The summed E-state index contributed by atoms with van der Waals surface area (Å²) in [6.07, 6.45) is 0.794. The van der Waals surface area contributed by atoms with Gasteiger partial charge in [-0.3, -0.25) is 14.5 Å². The van der Waals surface area contributed by atoms with Gasteiger partial charge in [0.15, 0.2) is 0 Å². The van der Waals surface area contributed by atoms with E-state index < -0.39 is 0 Å². The van der Waals surface area contributed by atoms with E-state index in [-0.39, 0.29) is 17.5 Å². The zero-order valence-corrected chi connectivity index (χ0v) is 15.6. The first-order valence-corrected chi connectivity index (χ1v) is 9.04. The maximum atomic E-state index is 12.4. The molecule has 6 nitrogen and oxygen atoms in total. The third-order valence-corrected chi connectivity index (χ3v) is 4.66. The molecule has 27 heavy (non-hydrogen) atoms. The third-order valence-electron chi connectivity index (χ3n) is 4.66. The molecule has 1 atom stereocenters. The van der Waals surface area contributed by atoms with Crippen LogP contribution in [0.5, 0.6) is 0 Å². The number of amides is 1. The summed E-state index contributed by atoms with van der Waals surface area (Å²) >= 11 is 0. The van der Waals surface area contributed by atoms with Crippen molar-refractivity contribution in [2.75, 3.05) is 13.6 Å². The lowest BCUT2D eigenvalue weighted by Gasteiger charge is -2.23. The van der Waals surface area contributed by atoms with Gasteiger partial charge in [0, 0.05) is 6.54 Å². The molecule has 0 radical (unpaired) electrons. The lowest BCUT2D eigenvalue weighted by atomic mass is 10.1. The second-order valence-electron chi connectivity index (χ2n) is 6.65. The van der Waals surface area contributed by atoms with Gasteiger partial charge in [0.25, 0.3) is 5.56 Å². The van der Waals surface area contributed by atoms with Crippen molar-refractivity contribution in [2.45, 2.75) is 25.9 Å². The van der Waals surface area contributed by atoms with Gasteiger partial charge in [-0.15, -0.1) is 0 Å². The third kappa shape index (κ3) is 4.80. The number of aromatic nitrogens is 2. The molecule has 0 aliphatic rings. The second kappa shape index (κ2) is 8.60. The molecule has 1 aromatic heterocycles. The van der Waals surface area contributed by atoms with Gasteiger partial charge < -0.3 is 10.3 Å². The Bertz CT molecular complexity index is 969. The number of nitrogens with one attached hydrogen (secondary N) is 2. The molecule has 0 fully saturated rings. The highest BCUT2D eigenvalue weighted by Crippen LogP contribution is 2.08. The SMILES string of the molecule is C[C@H](C(=O)NCCc1ccccc1)N(C)Cc1nc2ccccc2c(=O)[nH]1. The molecule has 0 bridgehead atoms. The van der Waals surface area contributed by atoms with Crippen LogP contribution in [0.3, 0.4) is 0 Å². The fourth-order valence-electron chi connectivity index (χ4n) is 2.91. The van der Waals surface area contributed by atoms with E-state index in [9.17, 15) is 9.59 Å². The summed E-state index contributed by atoms with van der Waals surface area (Å²) in [5, 5.41) is 3.53. The molecule has 0 saturated carbocycles. The zero-order chi connectivity index (χ0) is 19.2. The maximum Gasteiger partial charge on any atom is 0.258 e. The molecule has 0 unspecified atom stereocenters. The predicted octanol–water partition coefficient (Wildman–Crippen LogP) is 2.10. The Balaban J connectivity index is 1.57. The summed E-state index contributed by atoms with van der Waals surface area (Å²) in [6.45, 7) is 2.82. The van der Waals surface area contributed by atoms with Gasteiger partial charge in [0.2, 0.25) is 5.91 Å². The van der Waals surface area contributed by atoms with E-state index in [1.807, 2.05) is 67.4 Å². The van der Waals surface area contributed by atoms with Gasteiger partial charge in [0.05, 0.1) is 23.5 Å². The van der Waals surface area contributed by atoms with Crippen molar-refractivity contribution >= 4 is 16.8 Å². The normalized spacial score (nSPS) is 12.3. The number of hydrogen-bond acceptors (Lipinski definition) is 4. The molecular weight excluding hydrogens is 340 g/mol. The molecule has 2 aromatic carbocycles. The fourth-order valence-corrected chi connectivity index (χ4v) is 2.91. The summed E-state index contributed by atoms with van der Waals surface area (Å²) in [5.41, 5.74) is 1.69. The van der Waals surface area contributed by atoms with Crippen LogP contribution in [-0.2, 0) is 17.8 Å². The summed E-state index contributed by atoms with van der Waals surface area (Å²) in [6, 6.07) is 16.9. The Kier molecular flexibility index (Phi) is 5.98. The van der Waals surface area contributed by atoms with Crippen LogP contribution in [-0.4, -0.2) is 40.4 Å². The van der Waals surface area contributed by atoms with Gasteiger partial charge in [-0.2, -0.15) is 0 Å². The Labute approximate surface area is 158 Å². The Morgan fingerprint density at radius 1 is 1.15 bits per heavy atom. The number of carbonyl (C=O) groups is 1. The quantitative estimate of drug-likeness (QED) is 0.673. The van der Waals surface area contributed by atoms with Crippen LogP contribution in [0.15, 0.2) is 59.4 Å². The molecule has 0 aliphatic carbocycles. The number of aromatic amines is 1. The number of likely N-dealkylation sites (N-methyl/N-ethyl adjacent to an activating group) is 1. The van der Waals surface area contributed by atoms with Crippen molar-refractivity contribution < 1.29 is 4.79 Å². The highest BCUT2D eigenvalue weighted by Gasteiger charge is 2.18. The van der Waals surface area contributed by atoms with Crippen molar-refractivity contribution in [3.63, 3.8) is 0 Å². The zero-order valence-electron chi connectivity index (χ0n) is 15.6. The second-order valence-corrected chi connectivity index (χ2v) is 6.65. The lowest BCUT2D eigenvalue weighted by molar-refractivity contribution is -0.125. The topological polar surface area (TPSA) is 78.1 Å². The monoisotopic (exact) mass is 364 g/mol. The van der Waals surface area contributed by atoms with Gasteiger partial charge >= 0.3 is 0 Å². The van der Waals surface area contributed by atoms with Crippen LogP contribution in [0.2, 0.25) is 0 Å². The van der Waals surface area contributed by atoms with Gasteiger partial charge in [-0.25, -0.2) is 4.98 Å². The molecule has 2 N–H and O–H groups in total. The van der Waals surface area contributed by atoms with Crippen LogP contribution in [0, 0.1) is 0 Å². The first-order chi connectivity index (χ1) is 13.0. The largest absolute Gasteiger partial charge is 0.354 e. The number of nitrogens with zero attached hydrogens (tertiary/aromatic N) is 2. The molecule has 0 aliphatic heterocycles. The van der Waals surface area contributed by atoms with E-state index in [2.05, 4.69) is 15.3 Å². The maximum absolute atomic E-state index is 12.4. The van der Waals surface area contributed by atoms with Crippen LogP contribution in [0.4, 0.5) is 0 Å². The summed E-state index contributed by atoms with van der Waals surface area (Å²) in [4.78, 5) is 33.7. The van der Waals surface area contributed by atoms with Gasteiger partial charge in [-0.05, 0) is 38.1 Å². The number of carbonyl (C=O) groups excluding carboxylic acids is 1. The predicted molar refractivity (Wildman–Crippen MR) is 106 cm³/mol. The number of fused-ring (bicyclic) bond motifs is 1. The van der Waals surface area contributed by atoms with E-state index in [1.54, 1.807) is 6.07 Å². The van der Waals surface area contributed by atoms with Crippen LogP contribution in [0.25, 0.3) is 10.9 Å². The Morgan fingerprint density at radius 2 is 1.85 bits per heavy atom. The van der Waals surface area contributed by atoms with Crippen LogP contribution < -0.4 is 10.9 Å². The minimum Gasteiger partial charge on any atom is -0.354 e. The van der Waals surface area contributed by atoms with E-state index in [1.165, 1.54) is 5.56 Å².